The van der Waals surface area contributed by atoms with Gasteiger partial charge in [-0.3, -0.25) is 4.79 Å². The van der Waals surface area contributed by atoms with Crippen LogP contribution in [0.15, 0.2) is 29.7 Å². The van der Waals surface area contributed by atoms with Gasteiger partial charge in [0.15, 0.2) is 11.6 Å². The normalized spacial score (nSPS) is 18.9. The van der Waals surface area contributed by atoms with E-state index in [1.54, 1.807) is 15.6 Å². The molecule has 0 bridgehead atoms. The molecule has 1 saturated heterocycles. The van der Waals surface area contributed by atoms with Crippen molar-refractivity contribution in [1.82, 2.24) is 19.3 Å². The standard InChI is InChI=1S/C20H20FN5O4/c1-30-19-16-13(18(27)14(20(28)29)8-25(16)11-2-3-11)6-15(21)17(19)24-5-4-12(7-24)26-10-22-9-23-26/h6,8-12H,2-5,7H2,1H3,(H,28,29). The van der Waals surface area contributed by atoms with E-state index in [-0.39, 0.29) is 34.5 Å². The van der Waals surface area contributed by atoms with Crippen molar-refractivity contribution in [1.29, 1.82) is 0 Å². The van der Waals surface area contributed by atoms with E-state index in [1.807, 2.05) is 4.90 Å². The number of ether oxygens (including phenoxy) is 1. The molecule has 10 heteroatoms. The number of benzene rings is 1. The zero-order valence-corrected chi connectivity index (χ0v) is 16.3. The predicted octanol–water partition coefficient (Wildman–Crippen LogP) is 2.23. The van der Waals surface area contributed by atoms with Crippen LogP contribution in [0.1, 0.15) is 41.7 Å². The van der Waals surface area contributed by atoms with E-state index in [0.717, 1.165) is 25.3 Å². The Morgan fingerprint density at radius 3 is 2.73 bits per heavy atom. The Morgan fingerprint density at radius 1 is 1.30 bits per heavy atom. The number of carboxylic acid groups (broad SMARTS) is 1. The van der Waals surface area contributed by atoms with Crippen molar-refractivity contribution in [3.05, 3.63) is 46.5 Å². The number of rotatable bonds is 5. The zero-order chi connectivity index (χ0) is 21.0. The van der Waals surface area contributed by atoms with Gasteiger partial charge in [0.2, 0.25) is 5.43 Å². The second-order valence-electron chi connectivity index (χ2n) is 7.72. The van der Waals surface area contributed by atoms with Crippen LogP contribution in [0.5, 0.6) is 5.75 Å². The fourth-order valence-electron chi connectivity index (χ4n) is 4.29. The van der Waals surface area contributed by atoms with E-state index in [1.165, 1.54) is 19.6 Å². The van der Waals surface area contributed by atoms with Crippen LogP contribution in [0.3, 0.4) is 0 Å². The van der Waals surface area contributed by atoms with E-state index in [4.69, 9.17) is 4.74 Å². The highest BCUT2D eigenvalue weighted by Gasteiger charge is 2.33. The quantitative estimate of drug-likeness (QED) is 0.684. The summed E-state index contributed by atoms with van der Waals surface area (Å²) >= 11 is 0. The third kappa shape index (κ3) is 2.82. The van der Waals surface area contributed by atoms with Crippen LogP contribution in [-0.2, 0) is 0 Å². The lowest BCUT2D eigenvalue weighted by molar-refractivity contribution is 0.0695. The maximum Gasteiger partial charge on any atom is 0.341 e. The van der Waals surface area contributed by atoms with Gasteiger partial charge in [-0.05, 0) is 25.3 Å². The molecule has 1 aliphatic heterocycles. The van der Waals surface area contributed by atoms with Gasteiger partial charge < -0.3 is 19.3 Å². The van der Waals surface area contributed by atoms with Gasteiger partial charge in [0.1, 0.15) is 23.9 Å². The number of aromatic carboxylic acids is 1. The highest BCUT2D eigenvalue weighted by Crippen LogP contribution is 2.44. The molecule has 1 saturated carbocycles. The zero-order valence-electron chi connectivity index (χ0n) is 16.3. The highest BCUT2D eigenvalue weighted by molar-refractivity contribution is 5.97. The number of anilines is 1. The second-order valence-corrected chi connectivity index (χ2v) is 7.72. The van der Waals surface area contributed by atoms with Crippen LogP contribution in [0.25, 0.3) is 10.9 Å². The first-order chi connectivity index (χ1) is 14.5. The molecule has 0 radical (unpaired) electrons. The number of methoxy groups -OCH3 is 1. The van der Waals surface area contributed by atoms with Gasteiger partial charge >= 0.3 is 5.97 Å². The van der Waals surface area contributed by atoms with Gasteiger partial charge in [-0.2, -0.15) is 5.10 Å². The molecule has 1 aliphatic carbocycles. The number of halogens is 1. The largest absolute Gasteiger partial charge is 0.492 e. The van der Waals surface area contributed by atoms with Crippen LogP contribution < -0.4 is 15.1 Å². The molecule has 2 fully saturated rings. The molecule has 5 rings (SSSR count). The molecule has 0 amide bonds. The summed E-state index contributed by atoms with van der Waals surface area (Å²) in [5.74, 6) is -1.68. The summed E-state index contributed by atoms with van der Waals surface area (Å²) < 4.78 is 24.4. The first-order valence-corrected chi connectivity index (χ1v) is 9.77. The lowest BCUT2D eigenvalue weighted by atomic mass is 10.1. The second kappa shape index (κ2) is 6.82. The molecule has 9 nitrogen and oxygen atoms in total. The molecular weight excluding hydrogens is 393 g/mol. The minimum atomic E-state index is -1.32. The Morgan fingerprint density at radius 2 is 2.10 bits per heavy atom. The summed E-state index contributed by atoms with van der Waals surface area (Å²) in [6.07, 6.45) is 6.96. The van der Waals surface area contributed by atoms with Gasteiger partial charge in [-0.25, -0.2) is 18.9 Å². The van der Waals surface area contributed by atoms with Crippen molar-refractivity contribution in [2.24, 2.45) is 0 Å². The molecule has 1 atom stereocenters. The van der Waals surface area contributed by atoms with Crippen molar-refractivity contribution in [3.63, 3.8) is 0 Å². The van der Waals surface area contributed by atoms with E-state index in [9.17, 15) is 14.7 Å². The Bertz CT molecular complexity index is 1200. The summed E-state index contributed by atoms with van der Waals surface area (Å²) in [6, 6.07) is 1.26. The maximum atomic E-state index is 15.3. The van der Waals surface area contributed by atoms with Crippen LogP contribution in [0.4, 0.5) is 10.1 Å². The van der Waals surface area contributed by atoms with E-state index < -0.39 is 17.2 Å². The van der Waals surface area contributed by atoms with E-state index >= 15 is 4.39 Å². The van der Waals surface area contributed by atoms with Crippen LogP contribution in [-0.4, -0.2) is 50.6 Å². The third-order valence-corrected chi connectivity index (χ3v) is 5.86. The van der Waals surface area contributed by atoms with Gasteiger partial charge in [0.25, 0.3) is 0 Å². The molecule has 1 unspecified atom stereocenters. The first-order valence-electron chi connectivity index (χ1n) is 9.77. The smallest absolute Gasteiger partial charge is 0.341 e. The number of nitrogens with zero attached hydrogens (tertiary/aromatic N) is 5. The fraction of sp³-hybridized carbons (Fsp3) is 0.400. The summed E-state index contributed by atoms with van der Waals surface area (Å²) in [4.78, 5) is 30.2. The Kier molecular flexibility index (Phi) is 4.23. The van der Waals surface area contributed by atoms with E-state index in [0.29, 0.717) is 18.6 Å². The number of carbonyl (C=O) groups is 1. The lowest BCUT2D eigenvalue weighted by Crippen LogP contribution is -2.24. The Hall–Kier alpha value is -3.43. The van der Waals surface area contributed by atoms with Crippen LogP contribution >= 0.6 is 0 Å². The SMILES string of the molecule is COc1c(N2CCC(n3cncn3)C2)c(F)cc2c(=O)c(C(=O)O)cn(C3CC3)c12. The molecule has 1 aromatic carbocycles. The molecular formula is C20H20FN5O4. The Labute approximate surface area is 170 Å². The summed E-state index contributed by atoms with van der Waals surface area (Å²) in [5, 5.41) is 13.6. The minimum Gasteiger partial charge on any atom is -0.492 e. The molecule has 0 spiro atoms. The molecule has 3 heterocycles. The van der Waals surface area contributed by atoms with Crippen LogP contribution in [0.2, 0.25) is 0 Å². The number of pyridine rings is 1. The predicted molar refractivity (Wildman–Crippen MR) is 106 cm³/mol. The molecule has 2 aromatic heterocycles. The number of hydrogen-bond acceptors (Lipinski definition) is 6. The Balaban J connectivity index is 1.69. The molecule has 2 aliphatic rings. The van der Waals surface area contributed by atoms with Crippen LogP contribution in [0, 0.1) is 5.82 Å². The summed E-state index contributed by atoms with van der Waals surface area (Å²) in [7, 11) is 1.44. The lowest BCUT2D eigenvalue weighted by Gasteiger charge is -2.24. The molecule has 30 heavy (non-hydrogen) atoms. The maximum absolute atomic E-state index is 15.3. The molecule has 1 N–H and O–H groups in total. The van der Waals surface area contributed by atoms with Crippen molar-refractivity contribution in [2.75, 3.05) is 25.1 Å². The monoisotopic (exact) mass is 413 g/mol. The third-order valence-electron chi connectivity index (χ3n) is 5.86. The summed E-state index contributed by atoms with van der Waals surface area (Å²) in [5.41, 5.74) is -0.351. The van der Waals surface area contributed by atoms with Gasteiger partial charge in [-0.15, -0.1) is 0 Å². The van der Waals surface area contributed by atoms with Crippen molar-refractivity contribution in [3.8, 4) is 5.75 Å². The average molecular weight is 413 g/mol. The average Bonchev–Trinajstić information content (AvgIpc) is 3.21. The minimum absolute atomic E-state index is 0.0203. The van der Waals surface area contributed by atoms with Crippen molar-refractivity contribution in [2.45, 2.75) is 31.3 Å². The summed E-state index contributed by atoms with van der Waals surface area (Å²) in [6.45, 7) is 1.10. The number of fused-ring (bicyclic) bond motifs is 1. The highest BCUT2D eigenvalue weighted by atomic mass is 19.1. The topological polar surface area (TPSA) is 102 Å². The van der Waals surface area contributed by atoms with Gasteiger partial charge in [0, 0.05) is 25.3 Å². The van der Waals surface area contributed by atoms with Crippen molar-refractivity contribution < 1.29 is 19.0 Å². The fourth-order valence-corrected chi connectivity index (χ4v) is 4.29. The number of hydrogen-bond donors (Lipinski definition) is 1. The van der Waals surface area contributed by atoms with Gasteiger partial charge in [0.05, 0.1) is 24.1 Å². The van der Waals surface area contributed by atoms with E-state index in [2.05, 4.69) is 10.1 Å². The van der Waals surface area contributed by atoms with Gasteiger partial charge in [-0.1, -0.05) is 0 Å². The van der Waals surface area contributed by atoms with Crippen molar-refractivity contribution >= 4 is 22.6 Å². The number of aromatic nitrogens is 4. The molecule has 3 aromatic rings. The number of carboxylic acids is 1. The molecule has 156 valence electrons. The first kappa shape index (κ1) is 18.6.